The van der Waals surface area contributed by atoms with Crippen molar-refractivity contribution in [2.45, 2.75) is 26.3 Å². The summed E-state index contributed by atoms with van der Waals surface area (Å²) < 4.78 is 0. The van der Waals surface area contributed by atoms with Crippen LogP contribution in [0.25, 0.3) is 0 Å². The minimum atomic E-state index is 0.440. The number of nitrogens with one attached hydrogen (secondary N) is 1. The minimum absolute atomic E-state index is 0.440. The first-order chi connectivity index (χ1) is 12.0. The highest BCUT2D eigenvalue weighted by Crippen LogP contribution is 2.27. The number of anilines is 3. The van der Waals surface area contributed by atoms with Crippen molar-refractivity contribution in [1.82, 2.24) is 14.8 Å². The fourth-order valence-electron chi connectivity index (χ4n) is 3.38. The van der Waals surface area contributed by atoms with Crippen LogP contribution in [0, 0.1) is 0 Å². The first-order valence-electron chi connectivity index (χ1n) is 9.70. The Bertz CT molecular complexity index is 507. The van der Waals surface area contributed by atoms with Gasteiger partial charge in [0.15, 0.2) is 0 Å². The molecule has 3 rings (SSSR count). The molecule has 2 saturated heterocycles. The number of aromatic nitrogens is 1. The lowest BCUT2D eigenvalue weighted by Crippen LogP contribution is -2.46. The second-order valence-electron chi connectivity index (χ2n) is 7.60. The van der Waals surface area contributed by atoms with Crippen LogP contribution in [-0.2, 0) is 0 Å². The zero-order valence-electron chi connectivity index (χ0n) is 16.3. The molecular weight excluding hydrogens is 312 g/mol. The van der Waals surface area contributed by atoms with Gasteiger partial charge in [-0.05, 0) is 27.4 Å². The molecule has 2 fully saturated rings. The normalized spacial score (nSPS) is 21.4. The molecule has 1 aromatic heterocycles. The maximum atomic E-state index is 4.94. The van der Waals surface area contributed by atoms with Crippen molar-refractivity contribution in [1.29, 1.82) is 0 Å². The summed E-state index contributed by atoms with van der Waals surface area (Å²) in [6, 6.07) is 4.96. The van der Waals surface area contributed by atoms with E-state index in [0.29, 0.717) is 6.04 Å². The molecule has 1 unspecified atom stereocenters. The predicted molar refractivity (Wildman–Crippen MR) is 107 cm³/mol. The van der Waals surface area contributed by atoms with E-state index in [1.807, 2.05) is 0 Å². The van der Waals surface area contributed by atoms with E-state index in [-0.39, 0.29) is 0 Å². The number of rotatable bonds is 5. The van der Waals surface area contributed by atoms with E-state index in [1.165, 1.54) is 5.69 Å². The maximum absolute atomic E-state index is 4.94. The predicted octanol–water partition coefficient (Wildman–Crippen LogP) is 1.80. The number of hydrogen-bond acceptors (Lipinski definition) is 6. The van der Waals surface area contributed by atoms with Gasteiger partial charge in [0.25, 0.3) is 0 Å². The van der Waals surface area contributed by atoms with Gasteiger partial charge < -0.3 is 24.9 Å². The number of nitrogens with zero attached hydrogens (tertiary/aromatic N) is 5. The average Bonchev–Trinajstić information content (AvgIpc) is 2.62. The average molecular weight is 347 g/mol. The molecule has 0 radical (unpaired) electrons. The Labute approximate surface area is 152 Å². The maximum Gasteiger partial charge on any atom is 0.133 e. The zero-order chi connectivity index (χ0) is 17.8. The molecule has 140 valence electrons. The minimum Gasteiger partial charge on any atom is -0.369 e. The molecule has 3 heterocycles. The Hall–Kier alpha value is -1.53. The summed E-state index contributed by atoms with van der Waals surface area (Å²) in [5.41, 5.74) is 1.31. The summed E-state index contributed by atoms with van der Waals surface area (Å²) >= 11 is 0. The van der Waals surface area contributed by atoms with Gasteiger partial charge in [0, 0.05) is 76.2 Å². The van der Waals surface area contributed by atoms with E-state index in [0.717, 1.165) is 70.4 Å². The smallest absolute Gasteiger partial charge is 0.133 e. The van der Waals surface area contributed by atoms with Gasteiger partial charge >= 0.3 is 0 Å². The van der Waals surface area contributed by atoms with Crippen LogP contribution in [0.2, 0.25) is 0 Å². The van der Waals surface area contributed by atoms with Crippen LogP contribution in [-0.4, -0.2) is 87.3 Å². The summed E-state index contributed by atoms with van der Waals surface area (Å²) in [5, 5.41) is 3.58. The van der Waals surface area contributed by atoms with E-state index >= 15 is 0 Å². The van der Waals surface area contributed by atoms with Crippen LogP contribution < -0.4 is 15.1 Å². The second-order valence-corrected chi connectivity index (χ2v) is 7.60. The molecule has 6 heteroatoms. The summed E-state index contributed by atoms with van der Waals surface area (Å²) in [7, 11) is 4.40. The molecule has 0 spiro atoms. The van der Waals surface area contributed by atoms with Crippen LogP contribution >= 0.6 is 0 Å². The largest absolute Gasteiger partial charge is 0.369 e. The van der Waals surface area contributed by atoms with Crippen molar-refractivity contribution >= 4 is 17.3 Å². The van der Waals surface area contributed by atoms with Gasteiger partial charge in [0.05, 0.1) is 0 Å². The molecule has 1 aromatic rings. The second kappa shape index (κ2) is 8.23. The van der Waals surface area contributed by atoms with Gasteiger partial charge in [-0.25, -0.2) is 4.98 Å². The first kappa shape index (κ1) is 18.3. The Morgan fingerprint density at radius 3 is 2.04 bits per heavy atom. The van der Waals surface area contributed by atoms with Crippen molar-refractivity contribution in [2.75, 3.05) is 81.6 Å². The molecule has 0 saturated carbocycles. The number of pyridine rings is 1. The highest BCUT2D eigenvalue weighted by molar-refractivity contribution is 5.63. The van der Waals surface area contributed by atoms with Crippen molar-refractivity contribution in [2.24, 2.45) is 0 Å². The molecule has 0 aliphatic carbocycles. The summed E-state index contributed by atoms with van der Waals surface area (Å²) in [6.07, 6.45) is 1.10. The fraction of sp³-hybridized carbons (Fsp3) is 0.737. The van der Waals surface area contributed by atoms with E-state index < -0.39 is 0 Å². The van der Waals surface area contributed by atoms with Gasteiger partial charge in [-0.2, -0.15) is 0 Å². The zero-order valence-corrected chi connectivity index (χ0v) is 16.3. The number of hydrogen-bond donors (Lipinski definition) is 1. The summed E-state index contributed by atoms with van der Waals surface area (Å²) in [6.45, 7) is 13.2. The summed E-state index contributed by atoms with van der Waals surface area (Å²) in [4.78, 5) is 14.7. The lowest BCUT2D eigenvalue weighted by atomic mass is 10.2. The molecule has 0 aromatic carbocycles. The van der Waals surface area contributed by atoms with E-state index in [4.69, 9.17) is 4.98 Å². The Morgan fingerprint density at radius 2 is 1.48 bits per heavy atom. The van der Waals surface area contributed by atoms with Crippen LogP contribution in [0.4, 0.5) is 17.3 Å². The third kappa shape index (κ3) is 4.76. The van der Waals surface area contributed by atoms with Crippen molar-refractivity contribution in [3.8, 4) is 0 Å². The number of likely N-dealkylation sites (N-methyl/N-ethyl adjacent to an activating group) is 2. The van der Waals surface area contributed by atoms with E-state index in [2.05, 4.69) is 65.0 Å². The van der Waals surface area contributed by atoms with E-state index in [9.17, 15) is 0 Å². The molecule has 6 nitrogen and oxygen atoms in total. The van der Waals surface area contributed by atoms with E-state index in [1.54, 1.807) is 0 Å². The fourth-order valence-corrected chi connectivity index (χ4v) is 3.38. The van der Waals surface area contributed by atoms with Gasteiger partial charge in [-0.1, -0.05) is 6.92 Å². The standard InChI is InChI=1S/C19H34N6/c1-5-16(2)20-18-14-17(24-10-6-22(3)7-11-24)15-19(21-18)25-12-8-23(4)9-13-25/h14-16H,5-13H2,1-4H3,(H,20,21). The van der Waals surface area contributed by atoms with Gasteiger partial charge in [0.2, 0.25) is 0 Å². The SMILES string of the molecule is CCC(C)Nc1cc(N2CCN(C)CC2)cc(N2CCN(C)CC2)n1. The molecule has 0 amide bonds. The Kier molecular flexibility index (Phi) is 6.02. The van der Waals surface area contributed by atoms with Gasteiger partial charge in [0.1, 0.15) is 11.6 Å². The monoisotopic (exact) mass is 346 g/mol. The Balaban J connectivity index is 1.83. The van der Waals surface area contributed by atoms with Crippen LogP contribution in [0.5, 0.6) is 0 Å². The Morgan fingerprint density at radius 1 is 0.920 bits per heavy atom. The summed E-state index contributed by atoms with van der Waals surface area (Å²) in [5.74, 6) is 2.13. The molecule has 2 aliphatic heterocycles. The van der Waals surface area contributed by atoms with Crippen LogP contribution in [0.3, 0.4) is 0 Å². The van der Waals surface area contributed by atoms with Gasteiger partial charge in [-0.15, -0.1) is 0 Å². The molecule has 1 N–H and O–H groups in total. The molecule has 1 atom stereocenters. The quantitative estimate of drug-likeness (QED) is 0.876. The highest BCUT2D eigenvalue weighted by Gasteiger charge is 2.20. The molecule has 0 bridgehead atoms. The third-order valence-electron chi connectivity index (χ3n) is 5.50. The molecular formula is C19H34N6. The van der Waals surface area contributed by atoms with Gasteiger partial charge in [-0.3, -0.25) is 0 Å². The third-order valence-corrected chi connectivity index (χ3v) is 5.50. The first-order valence-corrected chi connectivity index (χ1v) is 9.70. The molecule has 2 aliphatic rings. The number of piperazine rings is 2. The lowest BCUT2D eigenvalue weighted by Gasteiger charge is -2.36. The lowest BCUT2D eigenvalue weighted by molar-refractivity contribution is 0.311. The van der Waals surface area contributed by atoms with Crippen molar-refractivity contribution < 1.29 is 0 Å². The topological polar surface area (TPSA) is 37.9 Å². The van der Waals surface area contributed by atoms with Crippen LogP contribution in [0.1, 0.15) is 20.3 Å². The van der Waals surface area contributed by atoms with Crippen molar-refractivity contribution in [3.05, 3.63) is 12.1 Å². The van der Waals surface area contributed by atoms with Crippen molar-refractivity contribution in [3.63, 3.8) is 0 Å². The van der Waals surface area contributed by atoms with Crippen LogP contribution in [0.15, 0.2) is 12.1 Å². The highest BCUT2D eigenvalue weighted by atomic mass is 15.3. The molecule has 25 heavy (non-hydrogen) atoms.